The topological polar surface area (TPSA) is 58.6 Å². The smallest absolute Gasteiger partial charge is 0.245 e. The summed E-state index contributed by atoms with van der Waals surface area (Å²) < 4.78 is 5.04. The van der Waals surface area contributed by atoms with Gasteiger partial charge in [0.2, 0.25) is 5.91 Å². The van der Waals surface area contributed by atoms with Gasteiger partial charge in [0.15, 0.2) is 0 Å². The van der Waals surface area contributed by atoms with Gasteiger partial charge in [-0.05, 0) is 13.8 Å². The first kappa shape index (κ1) is 10.4. The molecular formula is C7H15NO3. The lowest BCUT2D eigenvalue weighted by Gasteiger charge is -2.11. The molecule has 66 valence electrons. The highest BCUT2D eigenvalue weighted by Crippen LogP contribution is 1.83. The Morgan fingerprint density at radius 2 is 2.36 bits per heavy atom. The highest BCUT2D eigenvalue weighted by molar-refractivity contribution is 5.77. The Kier molecular flexibility index (Phi) is 5.78. The highest BCUT2D eigenvalue weighted by atomic mass is 16.5. The first-order chi connectivity index (χ1) is 5.20. The molecule has 0 aromatic rings. The molecule has 1 amide bonds. The standard InChI is InChI=1S/C7H15NO3/c1-3-11-5-6(2)8-7(10)4-9/h6,9H,3-5H2,1-2H3,(H,8,10). The number of aliphatic hydroxyl groups is 1. The quantitative estimate of drug-likeness (QED) is 0.572. The average Bonchev–Trinajstić information content (AvgIpc) is 2.00. The molecule has 4 heteroatoms. The molecule has 1 unspecified atom stereocenters. The van der Waals surface area contributed by atoms with Crippen molar-refractivity contribution in [3.8, 4) is 0 Å². The van der Waals surface area contributed by atoms with E-state index >= 15 is 0 Å². The summed E-state index contributed by atoms with van der Waals surface area (Å²) in [6.07, 6.45) is 0. The monoisotopic (exact) mass is 161 g/mol. The number of carbonyl (C=O) groups is 1. The largest absolute Gasteiger partial charge is 0.387 e. The Balaban J connectivity index is 3.35. The van der Waals surface area contributed by atoms with Crippen LogP contribution in [0.15, 0.2) is 0 Å². The van der Waals surface area contributed by atoms with Gasteiger partial charge in [-0.3, -0.25) is 4.79 Å². The molecule has 0 aliphatic carbocycles. The number of nitrogens with one attached hydrogen (secondary N) is 1. The summed E-state index contributed by atoms with van der Waals surface area (Å²) in [6, 6.07) is -0.0328. The summed E-state index contributed by atoms with van der Waals surface area (Å²) in [7, 11) is 0. The summed E-state index contributed by atoms with van der Waals surface area (Å²) in [4.78, 5) is 10.6. The zero-order valence-corrected chi connectivity index (χ0v) is 6.96. The lowest BCUT2D eigenvalue weighted by Crippen LogP contribution is -2.37. The molecule has 0 fully saturated rings. The molecular weight excluding hydrogens is 146 g/mol. The molecule has 0 bridgehead atoms. The van der Waals surface area contributed by atoms with Crippen LogP contribution in [-0.2, 0) is 9.53 Å². The molecule has 4 nitrogen and oxygen atoms in total. The van der Waals surface area contributed by atoms with Crippen LogP contribution in [0.25, 0.3) is 0 Å². The SMILES string of the molecule is CCOCC(C)NC(=O)CO. The van der Waals surface area contributed by atoms with E-state index in [0.717, 1.165) is 0 Å². The fourth-order valence-corrected chi connectivity index (χ4v) is 0.657. The van der Waals surface area contributed by atoms with Crippen molar-refractivity contribution in [2.75, 3.05) is 19.8 Å². The van der Waals surface area contributed by atoms with E-state index in [1.165, 1.54) is 0 Å². The van der Waals surface area contributed by atoms with Crippen molar-refractivity contribution >= 4 is 5.91 Å². The van der Waals surface area contributed by atoms with Crippen LogP contribution in [0.4, 0.5) is 0 Å². The molecule has 2 N–H and O–H groups in total. The first-order valence-electron chi connectivity index (χ1n) is 3.68. The van der Waals surface area contributed by atoms with Crippen molar-refractivity contribution in [1.82, 2.24) is 5.32 Å². The van der Waals surface area contributed by atoms with Crippen LogP contribution in [0.3, 0.4) is 0 Å². The minimum atomic E-state index is -0.462. The summed E-state index contributed by atoms with van der Waals surface area (Å²) in [5, 5.41) is 10.9. The van der Waals surface area contributed by atoms with Crippen molar-refractivity contribution in [3.63, 3.8) is 0 Å². The molecule has 11 heavy (non-hydrogen) atoms. The normalized spacial score (nSPS) is 12.6. The van der Waals surface area contributed by atoms with Gasteiger partial charge in [0.05, 0.1) is 6.61 Å². The number of hydrogen-bond acceptors (Lipinski definition) is 3. The van der Waals surface area contributed by atoms with E-state index in [-0.39, 0.29) is 11.9 Å². The minimum absolute atomic E-state index is 0.0328. The maximum Gasteiger partial charge on any atom is 0.245 e. The van der Waals surface area contributed by atoms with Crippen molar-refractivity contribution in [2.24, 2.45) is 0 Å². The van der Waals surface area contributed by atoms with Crippen molar-refractivity contribution in [1.29, 1.82) is 0 Å². The Hall–Kier alpha value is -0.610. The van der Waals surface area contributed by atoms with Gasteiger partial charge in [-0.15, -0.1) is 0 Å². The highest BCUT2D eigenvalue weighted by Gasteiger charge is 2.04. The van der Waals surface area contributed by atoms with Crippen LogP contribution in [-0.4, -0.2) is 36.9 Å². The molecule has 0 saturated heterocycles. The molecule has 0 heterocycles. The van der Waals surface area contributed by atoms with Crippen LogP contribution < -0.4 is 5.32 Å². The second-order valence-electron chi connectivity index (χ2n) is 2.29. The zero-order chi connectivity index (χ0) is 8.69. The predicted octanol–water partition coefficient (Wildman–Crippen LogP) is -0.480. The molecule has 0 aromatic heterocycles. The fourth-order valence-electron chi connectivity index (χ4n) is 0.657. The van der Waals surface area contributed by atoms with Gasteiger partial charge in [0, 0.05) is 12.6 Å². The van der Waals surface area contributed by atoms with E-state index < -0.39 is 6.61 Å². The number of amides is 1. The van der Waals surface area contributed by atoms with Crippen LogP contribution in [0, 0.1) is 0 Å². The average molecular weight is 161 g/mol. The van der Waals surface area contributed by atoms with Gasteiger partial charge in [-0.2, -0.15) is 0 Å². The summed E-state index contributed by atoms with van der Waals surface area (Å²) >= 11 is 0. The summed E-state index contributed by atoms with van der Waals surface area (Å²) in [6.45, 7) is 4.38. The first-order valence-corrected chi connectivity index (χ1v) is 3.68. The Labute approximate surface area is 66.5 Å². The van der Waals surface area contributed by atoms with Crippen LogP contribution in [0.1, 0.15) is 13.8 Å². The Bertz CT molecular complexity index is 116. The fraction of sp³-hybridized carbons (Fsp3) is 0.857. The molecule has 0 spiro atoms. The number of carbonyl (C=O) groups excluding carboxylic acids is 1. The van der Waals surface area contributed by atoms with E-state index in [9.17, 15) is 4.79 Å². The Morgan fingerprint density at radius 1 is 1.73 bits per heavy atom. The van der Waals surface area contributed by atoms with Gasteiger partial charge in [-0.25, -0.2) is 0 Å². The van der Waals surface area contributed by atoms with E-state index in [1.807, 2.05) is 13.8 Å². The van der Waals surface area contributed by atoms with Crippen molar-refractivity contribution in [3.05, 3.63) is 0 Å². The van der Waals surface area contributed by atoms with Gasteiger partial charge < -0.3 is 15.2 Å². The molecule has 0 aliphatic rings. The molecule has 1 atom stereocenters. The van der Waals surface area contributed by atoms with E-state index in [2.05, 4.69) is 5.32 Å². The predicted molar refractivity (Wildman–Crippen MR) is 41.2 cm³/mol. The van der Waals surface area contributed by atoms with Gasteiger partial charge >= 0.3 is 0 Å². The van der Waals surface area contributed by atoms with Crippen LogP contribution in [0.2, 0.25) is 0 Å². The molecule has 0 radical (unpaired) electrons. The third kappa shape index (κ3) is 5.82. The number of rotatable bonds is 5. The van der Waals surface area contributed by atoms with Crippen LogP contribution in [0.5, 0.6) is 0 Å². The molecule has 0 saturated carbocycles. The third-order valence-electron chi connectivity index (χ3n) is 1.12. The van der Waals surface area contributed by atoms with Gasteiger partial charge in [0.25, 0.3) is 0 Å². The molecule has 0 aliphatic heterocycles. The van der Waals surface area contributed by atoms with Gasteiger partial charge in [-0.1, -0.05) is 0 Å². The molecule has 0 rings (SSSR count). The number of aliphatic hydroxyl groups excluding tert-OH is 1. The lowest BCUT2D eigenvalue weighted by molar-refractivity contribution is -0.124. The van der Waals surface area contributed by atoms with Crippen molar-refractivity contribution in [2.45, 2.75) is 19.9 Å². The van der Waals surface area contributed by atoms with E-state index in [4.69, 9.17) is 9.84 Å². The van der Waals surface area contributed by atoms with E-state index in [1.54, 1.807) is 0 Å². The summed E-state index contributed by atoms with van der Waals surface area (Å²) in [5.74, 6) is -0.364. The second kappa shape index (κ2) is 6.12. The van der Waals surface area contributed by atoms with Gasteiger partial charge in [0.1, 0.15) is 6.61 Å². The third-order valence-corrected chi connectivity index (χ3v) is 1.12. The summed E-state index contributed by atoms with van der Waals surface area (Å²) in [5.41, 5.74) is 0. The lowest BCUT2D eigenvalue weighted by atomic mass is 10.3. The van der Waals surface area contributed by atoms with Crippen LogP contribution >= 0.6 is 0 Å². The van der Waals surface area contributed by atoms with Crippen molar-refractivity contribution < 1.29 is 14.6 Å². The number of ether oxygens (including phenoxy) is 1. The minimum Gasteiger partial charge on any atom is -0.387 e. The molecule has 0 aromatic carbocycles. The van der Waals surface area contributed by atoms with E-state index in [0.29, 0.717) is 13.2 Å². The zero-order valence-electron chi connectivity index (χ0n) is 6.96. The number of hydrogen-bond donors (Lipinski definition) is 2. The maximum absolute atomic E-state index is 10.6. The maximum atomic E-state index is 10.6. The second-order valence-corrected chi connectivity index (χ2v) is 2.29. The Morgan fingerprint density at radius 3 is 2.82 bits per heavy atom.